The van der Waals surface area contributed by atoms with Crippen molar-refractivity contribution >= 4 is 11.9 Å². The van der Waals surface area contributed by atoms with Crippen molar-refractivity contribution in [2.75, 3.05) is 7.05 Å². The van der Waals surface area contributed by atoms with Gasteiger partial charge in [-0.05, 0) is 19.1 Å². The summed E-state index contributed by atoms with van der Waals surface area (Å²) in [6.45, 7) is 1.65. The molecule has 3 rings (SSSR count). The summed E-state index contributed by atoms with van der Waals surface area (Å²) in [4.78, 5) is 24.9. The zero-order valence-electron chi connectivity index (χ0n) is 13.2. The van der Waals surface area contributed by atoms with E-state index >= 15 is 0 Å². The first-order valence-corrected chi connectivity index (χ1v) is 7.38. The lowest BCUT2D eigenvalue weighted by Gasteiger charge is -2.19. The van der Waals surface area contributed by atoms with Crippen LogP contribution in [0, 0.1) is 12.7 Å². The van der Waals surface area contributed by atoms with Gasteiger partial charge >= 0.3 is 5.97 Å². The van der Waals surface area contributed by atoms with Crippen LogP contribution in [0.3, 0.4) is 0 Å². The van der Waals surface area contributed by atoms with Crippen LogP contribution in [0.25, 0.3) is 0 Å². The van der Waals surface area contributed by atoms with Gasteiger partial charge in [0.1, 0.15) is 17.1 Å². The number of amides is 1. The van der Waals surface area contributed by atoms with Crippen molar-refractivity contribution in [2.45, 2.75) is 26.0 Å². The summed E-state index contributed by atoms with van der Waals surface area (Å²) in [5.41, 5.74) is 0.723. The lowest BCUT2D eigenvalue weighted by atomic mass is 10.1. The van der Waals surface area contributed by atoms with E-state index in [4.69, 9.17) is 14.3 Å². The van der Waals surface area contributed by atoms with Crippen molar-refractivity contribution in [1.82, 2.24) is 4.90 Å². The second-order valence-corrected chi connectivity index (χ2v) is 5.72. The number of aryl methyl sites for hydroxylation is 1. The fourth-order valence-electron chi connectivity index (χ4n) is 2.76. The number of ether oxygens (including phenoxy) is 1. The normalized spacial score (nSPS) is 15.7. The highest BCUT2D eigenvalue weighted by Crippen LogP contribution is 2.32. The Kier molecular flexibility index (Phi) is 4.01. The molecule has 1 aromatic heterocycles. The van der Waals surface area contributed by atoms with Crippen LogP contribution >= 0.6 is 0 Å². The summed E-state index contributed by atoms with van der Waals surface area (Å²) in [7, 11) is 1.56. The molecule has 0 saturated heterocycles. The molecule has 24 heavy (non-hydrogen) atoms. The lowest BCUT2D eigenvalue weighted by molar-refractivity contribution is -0.137. The van der Waals surface area contributed by atoms with Gasteiger partial charge in [-0.2, -0.15) is 0 Å². The van der Waals surface area contributed by atoms with E-state index in [1.165, 1.54) is 17.0 Å². The molecule has 1 atom stereocenters. The van der Waals surface area contributed by atoms with E-state index in [0.29, 0.717) is 17.7 Å². The van der Waals surface area contributed by atoms with Crippen molar-refractivity contribution in [1.29, 1.82) is 0 Å². The van der Waals surface area contributed by atoms with Crippen LogP contribution in [0.2, 0.25) is 0 Å². The molecule has 1 aliphatic rings. The van der Waals surface area contributed by atoms with Gasteiger partial charge in [-0.3, -0.25) is 4.79 Å². The zero-order valence-corrected chi connectivity index (χ0v) is 13.2. The molecule has 1 aromatic carbocycles. The number of para-hydroxylation sites is 1. The van der Waals surface area contributed by atoms with E-state index in [1.807, 2.05) is 0 Å². The minimum atomic E-state index is -1.08. The van der Waals surface area contributed by atoms with Gasteiger partial charge in [0.25, 0.3) is 5.91 Å². The first kappa shape index (κ1) is 16.0. The average Bonchev–Trinajstić information content (AvgIpc) is 3.11. The summed E-state index contributed by atoms with van der Waals surface area (Å²) < 4.78 is 24.5. The fraction of sp³-hybridized carbons (Fsp3) is 0.294. The molecule has 2 heterocycles. The van der Waals surface area contributed by atoms with Gasteiger partial charge in [0.15, 0.2) is 17.7 Å². The van der Waals surface area contributed by atoms with Crippen molar-refractivity contribution < 1.29 is 28.2 Å². The van der Waals surface area contributed by atoms with Gasteiger partial charge in [0, 0.05) is 19.0 Å². The molecule has 6 nitrogen and oxygen atoms in total. The first-order valence-electron chi connectivity index (χ1n) is 7.38. The van der Waals surface area contributed by atoms with Crippen molar-refractivity contribution in [3.63, 3.8) is 0 Å². The van der Waals surface area contributed by atoms with Gasteiger partial charge in [-0.1, -0.05) is 12.1 Å². The molecule has 1 amide bonds. The summed E-state index contributed by atoms with van der Waals surface area (Å²) in [5, 5.41) is 9.02. The van der Waals surface area contributed by atoms with E-state index in [-0.39, 0.29) is 29.5 Å². The molecule has 0 unspecified atom stereocenters. The maximum absolute atomic E-state index is 13.7. The molecular weight excluding hydrogens is 317 g/mol. The molecule has 1 aliphatic heterocycles. The number of hydrogen-bond acceptors (Lipinski definition) is 4. The lowest BCUT2D eigenvalue weighted by Crippen LogP contribution is -2.38. The highest BCUT2D eigenvalue weighted by molar-refractivity contribution is 5.89. The number of furan rings is 1. The van der Waals surface area contributed by atoms with E-state index in [1.54, 1.807) is 26.1 Å². The van der Waals surface area contributed by atoms with Crippen LogP contribution in [0.15, 0.2) is 28.7 Å². The number of carboxylic acid groups (broad SMARTS) is 1. The second kappa shape index (κ2) is 5.99. The Morgan fingerprint density at radius 3 is 2.79 bits per heavy atom. The van der Waals surface area contributed by atoms with Gasteiger partial charge < -0.3 is 19.2 Å². The average molecular weight is 333 g/mol. The standard InChI is InChI=1S/C17H16FNO5/c1-9-12(17(21)22)7-11(23-9)8-19(2)16(20)14-6-10-4-3-5-13(18)15(10)24-14/h3-5,7,14H,6,8H2,1-2H3,(H,21,22)/t14-/m0/s1. The largest absolute Gasteiger partial charge is 0.478 e. The topological polar surface area (TPSA) is 80.0 Å². The molecular formula is C17H16FNO5. The van der Waals surface area contributed by atoms with Crippen molar-refractivity contribution in [3.05, 3.63) is 52.7 Å². The third-order valence-corrected chi connectivity index (χ3v) is 3.96. The number of nitrogens with zero attached hydrogens (tertiary/aromatic N) is 1. The molecule has 126 valence electrons. The fourth-order valence-corrected chi connectivity index (χ4v) is 2.76. The molecule has 0 spiro atoms. The summed E-state index contributed by atoms with van der Waals surface area (Å²) >= 11 is 0. The maximum Gasteiger partial charge on any atom is 0.339 e. The third-order valence-electron chi connectivity index (χ3n) is 3.96. The highest BCUT2D eigenvalue weighted by atomic mass is 19.1. The van der Waals surface area contributed by atoms with Gasteiger partial charge in [-0.15, -0.1) is 0 Å². The van der Waals surface area contributed by atoms with Crippen LogP contribution in [0.5, 0.6) is 5.75 Å². The van der Waals surface area contributed by atoms with E-state index in [2.05, 4.69) is 0 Å². The van der Waals surface area contributed by atoms with Crippen LogP contribution in [0.1, 0.15) is 27.4 Å². The number of carbonyl (C=O) groups is 2. The Labute approximate surface area is 137 Å². The summed E-state index contributed by atoms with van der Waals surface area (Å²) in [6.07, 6.45) is -0.495. The maximum atomic E-state index is 13.7. The van der Waals surface area contributed by atoms with Crippen molar-refractivity contribution in [2.24, 2.45) is 0 Å². The number of likely N-dealkylation sites (N-methyl/N-ethyl adjacent to an activating group) is 1. The van der Waals surface area contributed by atoms with Gasteiger partial charge in [0.05, 0.1) is 6.54 Å². The number of fused-ring (bicyclic) bond motifs is 1. The minimum Gasteiger partial charge on any atom is -0.478 e. The molecule has 0 radical (unpaired) electrons. The second-order valence-electron chi connectivity index (χ2n) is 5.72. The number of carbonyl (C=O) groups excluding carboxylic acids is 1. The number of halogens is 1. The highest BCUT2D eigenvalue weighted by Gasteiger charge is 2.33. The van der Waals surface area contributed by atoms with Gasteiger partial charge in [0.2, 0.25) is 0 Å². The van der Waals surface area contributed by atoms with Crippen LogP contribution < -0.4 is 4.74 Å². The number of hydrogen-bond donors (Lipinski definition) is 1. The SMILES string of the molecule is Cc1oc(CN(C)C(=O)[C@@H]2Cc3cccc(F)c3O2)cc1C(=O)O. The monoisotopic (exact) mass is 333 g/mol. The Balaban J connectivity index is 1.69. The van der Waals surface area contributed by atoms with Crippen LogP contribution in [-0.2, 0) is 17.8 Å². The zero-order chi connectivity index (χ0) is 17.4. The molecule has 2 aromatic rings. The van der Waals surface area contributed by atoms with Gasteiger partial charge in [-0.25, -0.2) is 9.18 Å². The Bertz CT molecular complexity index is 813. The summed E-state index contributed by atoms with van der Waals surface area (Å²) in [5.74, 6) is -1.13. The third kappa shape index (κ3) is 2.84. The molecule has 7 heteroatoms. The Morgan fingerprint density at radius 1 is 1.42 bits per heavy atom. The van der Waals surface area contributed by atoms with Crippen molar-refractivity contribution in [3.8, 4) is 5.75 Å². The number of benzene rings is 1. The molecule has 0 bridgehead atoms. The van der Waals surface area contributed by atoms with E-state index in [0.717, 1.165) is 0 Å². The quantitative estimate of drug-likeness (QED) is 0.929. The molecule has 0 fully saturated rings. The number of aromatic carboxylic acids is 1. The minimum absolute atomic E-state index is 0.0671. The van der Waals surface area contributed by atoms with Crippen LogP contribution in [0.4, 0.5) is 4.39 Å². The first-order chi connectivity index (χ1) is 11.4. The molecule has 0 saturated carbocycles. The predicted molar refractivity (Wildman–Crippen MR) is 81.4 cm³/mol. The number of rotatable bonds is 4. The Hall–Kier alpha value is -2.83. The predicted octanol–water partition coefficient (Wildman–Crippen LogP) is 2.39. The van der Waals surface area contributed by atoms with E-state index < -0.39 is 17.9 Å². The number of carboxylic acids is 1. The molecule has 1 N–H and O–H groups in total. The van der Waals surface area contributed by atoms with E-state index in [9.17, 15) is 14.0 Å². The summed E-state index contributed by atoms with van der Waals surface area (Å²) in [6, 6.07) is 5.98. The smallest absolute Gasteiger partial charge is 0.339 e. The van der Waals surface area contributed by atoms with Crippen LogP contribution in [-0.4, -0.2) is 35.0 Å². The Morgan fingerprint density at radius 2 is 2.17 bits per heavy atom. The molecule has 0 aliphatic carbocycles.